The van der Waals surface area contributed by atoms with Gasteiger partial charge in [-0.3, -0.25) is 9.78 Å². The van der Waals surface area contributed by atoms with E-state index < -0.39 is 17.1 Å². The third-order valence-electron chi connectivity index (χ3n) is 5.55. The number of anilines is 1. The molecule has 0 atom stereocenters. The molecule has 1 aliphatic carbocycles. The molecular formula is C21H20F2N6O2. The molecule has 1 amide bonds. The van der Waals surface area contributed by atoms with Crippen molar-refractivity contribution >= 4 is 11.9 Å². The molecule has 1 aromatic carbocycles. The Kier molecular flexibility index (Phi) is 5.45. The lowest BCUT2D eigenvalue weighted by atomic mass is 9.66. The van der Waals surface area contributed by atoms with Gasteiger partial charge in [-0.1, -0.05) is 6.42 Å². The van der Waals surface area contributed by atoms with Crippen LogP contribution in [0, 0.1) is 11.6 Å². The number of halogens is 2. The number of aromatic nitrogens is 4. The topological polar surface area (TPSA) is 116 Å². The highest BCUT2D eigenvalue weighted by Crippen LogP contribution is 2.43. The van der Waals surface area contributed by atoms with Gasteiger partial charge in [0, 0.05) is 18.2 Å². The summed E-state index contributed by atoms with van der Waals surface area (Å²) in [6.45, 7) is 0.386. The Morgan fingerprint density at radius 2 is 2.00 bits per heavy atom. The Morgan fingerprint density at radius 1 is 1.19 bits per heavy atom. The van der Waals surface area contributed by atoms with Crippen LogP contribution in [-0.4, -0.2) is 39.7 Å². The highest BCUT2D eigenvalue weighted by atomic mass is 19.1. The summed E-state index contributed by atoms with van der Waals surface area (Å²) in [5, 5.41) is 11.1. The van der Waals surface area contributed by atoms with Crippen molar-refractivity contribution in [3.05, 3.63) is 59.6 Å². The van der Waals surface area contributed by atoms with Crippen molar-refractivity contribution in [1.82, 2.24) is 20.2 Å². The van der Waals surface area contributed by atoms with Crippen molar-refractivity contribution in [2.45, 2.75) is 24.7 Å². The number of methoxy groups -OCH3 is 1. The zero-order chi connectivity index (χ0) is 22.0. The Labute approximate surface area is 176 Å². The van der Waals surface area contributed by atoms with Crippen molar-refractivity contribution in [2.75, 3.05) is 19.0 Å². The summed E-state index contributed by atoms with van der Waals surface area (Å²) in [5.41, 5.74) is 5.37. The first-order valence-corrected chi connectivity index (χ1v) is 9.66. The third-order valence-corrected chi connectivity index (χ3v) is 5.55. The molecule has 1 saturated carbocycles. The van der Waals surface area contributed by atoms with Gasteiger partial charge in [0.1, 0.15) is 23.1 Å². The number of nitrogens with zero attached hydrogens (tertiary/aromatic N) is 4. The first-order valence-electron chi connectivity index (χ1n) is 9.66. The summed E-state index contributed by atoms with van der Waals surface area (Å²) >= 11 is 0. The van der Waals surface area contributed by atoms with E-state index in [0.29, 0.717) is 12.2 Å². The van der Waals surface area contributed by atoms with Crippen LogP contribution in [0.25, 0.3) is 11.3 Å². The van der Waals surface area contributed by atoms with Crippen molar-refractivity contribution in [3.63, 3.8) is 0 Å². The van der Waals surface area contributed by atoms with E-state index in [1.54, 1.807) is 12.3 Å². The molecule has 160 valence electrons. The van der Waals surface area contributed by atoms with Crippen molar-refractivity contribution < 1.29 is 18.3 Å². The molecule has 2 aromatic heterocycles. The molecule has 31 heavy (non-hydrogen) atoms. The minimum absolute atomic E-state index is 0.0206. The molecule has 1 aliphatic rings. The van der Waals surface area contributed by atoms with Gasteiger partial charge < -0.3 is 15.8 Å². The Morgan fingerprint density at radius 3 is 2.58 bits per heavy atom. The van der Waals surface area contributed by atoms with Crippen molar-refractivity contribution in [1.29, 1.82) is 0 Å². The molecule has 1 fully saturated rings. The summed E-state index contributed by atoms with van der Waals surface area (Å²) < 4.78 is 33.9. The number of rotatable bonds is 7. The molecule has 0 aliphatic heterocycles. The quantitative estimate of drug-likeness (QED) is 0.597. The van der Waals surface area contributed by atoms with Gasteiger partial charge in [-0.15, -0.1) is 10.2 Å². The van der Waals surface area contributed by atoms with E-state index in [0.717, 1.165) is 25.3 Å². The molecule has 8 nitrogen and oxygen atoms in total. The lowest BCUT2D eigenvalue weighted by Crippen LogP contribution is -2.42. The molecule has 0 radical (unpaired) electrons. The zero-order valence-corrected chi connectivity index (χ0v) is 16.7. The minimum Gasteiger partial charge on any atom is -0.495 e. The predicted molar refractivity (Wildman–Crippen MR) is 109 cm³/mol. The SMILES string of the molecule is COc1c(C(N)=O)ccc(F)c1-c1cnc(NCC2(c3ncccc3F)CCC2)nn1. The Bertz CT molecular complexity index is 1120. The molecule has 3 aromatic rings. The molecule has 3 N–H and O–H groups in total. The number of pyridine rings is 1. The van der Waals surface area contributed by atoms with Gasteiger partial charge in [-0.05, 0) is 37.1 Å². The number of ether oxygens (including phenoxy) is 1. The second-order valence-electron chi connectivity index (χ2n) is 7.36. The third kappa shape index (κ3) is 3.76. The molecular weight excluding hydrogens is 406 g/mol. The summed E-state index contributed by atoms with van der Waals surface area (Å²) in [4.78, 5) is 20.0. The molecule has 0 saturated heterocycles. The molecule has 0 spiro atoms. The number of hydrogen-bond donors (Lipinski definition) is 2. The average Bonchev–Trinajstić information content (AvgIpc) is 2.74. The Balaban J connectivity index is 1.57. The highest BCUT2D eigenvalue weighted by molar-refractivity contribution is 5.98. The highest BCUT2D eigenvalue weighted by Gasteiger charge is 2.42. The molecule has 0 bridgehead atoms. The number of carbonyl (C=O) groups excluding carboxylic acids is 1. The summed E-state index contributed by atoms with van der Waals surface area (Å²) in [6.07, 6.45) is 5.46. The fourth-order valence-corrected chi connectivity index (χ4v) is 3.80. The first-order chi connectivity index (χ1) is 14.9. The number of amides is 1. The number of nitrogens with two attached hydrogens (primary N) is 1. The smallest absolute Gasteiger partial charge is 0.252 e. The van der Waals surface area contributed by atoms with E-state index in [1.165, 1.54) is 25.4 Å². The number of carbonyl (C=O) groups is 1. The van der Waals surface area contributed by atoms with E-state index in [9.17, 15) is 13.6 Å². The maximum Gasteiger partial charge on any atom is 0.252 e. The summed E-state index contributed by atoms with van der Waals surface area (Å²) in [7, 11) is 1.30. The van der Waals surface area contributed by atoms with Crippen LogP contribution in [0.2, 0.25) is 0 Å². The number of benzene rings is 1. The summed E-state index contributed by atoms with van der Waals surface area (Å²) in [5.74, 6) is -1.59. The fourth-order valence-electron chi connectivity index (χ4n) is 3.80. The van der Waals surface area contributed by atoms with E-state index >= 15 is 0 Å². The van der Waals surface area contributed by atoms with E-state index in [4.69, 9.17) is 10.5 Å². The zero-order valence-electron chi connectivity index (χ0n) is 16.7. The maximum absolute atomic E-state index is 14.5. The van der Waals surface area contributed by atoms with Crippen LogP contribution in [0.5, 0.6) is 5.75 Å². The van der Waals surface area contributed by atoms with Crippen LogP contribution >= 0.6 is 0 Å². The maximum atomic E-state index is 14.5. The largest absolute Gasteiger partial charge is 0.495 e. The van der Waals surface area contributed by atoms with Gasteiger partial charge in [0.05, 0.1) is 30.1 Å². The van der Waals surface area contributed by atoms with E-state index in [-0.39, 0.29) is 34.3 Å². The molecule has 2 heterocycles. The van der Waals surface area contributed by atoms with Crippen LogP contribution < -0.4 is 15.8 Å². The van der Waals surface area contributed by atoms with Gasteiger partial charge in [-0.2, -0.15) is 0 Å². The van der Waals surface area contributed by atoms with Gasteiger partial charge in [0.15, 0.2) is 0 Å². The normalized spacial score (nSPS) is 14.5. The van der Waals surface area contributed by atoms with E-state index in [2.05, 4.69) is 25.5 Å². The fraction of sp³-hybridized carbons (Fsp3) is 0.286. The van der Waals surface area contributed by atoms with Gasteiger partial charge in [-0.25, -0.2) is 13.8 Å². The predicted octanol–water partition coefficient (Wildman–Crippen LogP) is 2.85. The first kappa shape index (κ1) is 20.6. The molecule has 10 heteroatoms. The minimum atomic E-state index is -0.759. The van der Waals surface area contributed by atoms with Crippen LogP contribution in [0.15, 0.2) is 36.7 Å². The second kappa shape index (κ2) is 8.21. The van der Waals surface area contributed by atoms with Gasteiger partial charge in [0.25, 0.3) is 5.91 Å². The Hall–Kier alpha value is -3.69. The van der Waals surface area contributed by atoms with Gasteiger partial charge >= 0.3 is 0 Å². The van der Waals surface area contributed by atoms with Crippen LogP contribution in [0.4, 0.5) is 14.7 Å². The lowest BCUT2D eigenvalue weighted by Gasteiger charge is -2.41. The van der Waals surface area contributed by atoms with Crippen LogP contribution in [-0.2, 0) is 5.41 Å². The standard InChI is InChI=1S/C21H20F2N6O2/c1-31-17-12(19(24)30)5-6-13(22)16(17)15-10-26-20(29-28-15)27-11-21(7-3-8-21)18-14(23)4-2-9-25-18/h2,4-6,9-10H,3,7-8,11H2,1H3,(H2,24,30)(H,26,27,29). The molecule has 4 rings (SSSR count). The number of nitrogens with one attached hydrogen (secondary N) is 1. The number of primary amides is 1. The number of hydrogen-bond acceptors (Lipinski definition) is 7. The van der Waals surface area contributed by atoms with Crippen LogP contribution in [0.1, 0.15) is 35.3 Å². The second-order valence-corrected chi connectivity index (χ2v) is 7.36. The van der Waals surface area contributed by atoms with E-state index in [1.807, 2.05) is 0 Å². The average molecular weight is 426 g/mol. The lowest BCUT2D eigenvalue weighted by molar-refractivity contribution is 0.0997. The van der Waals surface area contributed by atoms with Gasteiger partial charge in [0.2, 0.25) is 5.95 Å². The van der Waals surface area contributed by atoms with Crippen molar-refractivity contribution in [3.8, 4) is 17.0 Å². The molecule has 0 unspecified atom stereocenters. The van der Waals surface area contributed by atoms with Crippen molar-refractivity contribution in [2.24, 2.45) is 5.73 Å². The summed E-state index contributed by atoms with van der Waals surface area (Å²) in [6, 6.07) is 5.31. The van der Waals surface area contributed by atoms with Crippen LogP contribution in [0.3, 0.4) is 0 Å². The monoisotopic (exact) mass is 426 g/mol.